The first-order valence-electron chi connectivity index (χ1n) is 8.79. The monoisotopic (exact) mass is 409 g/mol. The van der Waals surface area contributed by atoms with Gasteiger partial charge in [-0.05, 0) is 42.5 Å². The Morgan fingerprint density at radius 3 is 2.76 bits per heavy atom. The average molecular weight is 409 g/mol. The standard InChI is InChI=1S/C21H16FN3O3S/c1-12(26)24-17-10-13(6-8-15(17)22)20(27)23-11-14-7-9-18(28-14)21-25-16-4-2-3-5-19(16)29-21/h2-10H,11H2,1H3,(H,23,27)(H,24,26). The Bertz CT molecular complexity index is 1180. The maximum atomic E-state index is 13.7. The van der Waals surface area contributed by atoms with Gasteiger partial charge in [-0.2, -0.15) is 0 Å². The number of rotatable bonds is 5. The number of carbonyl (C=O) groups excluding carboxylic acids is 2. The van der Waals surface area contributed by atoms with Gasteiger partial charge in [-0.25, -0.2) is 9.37 Å². The first kappa shape index (κ1) is 18.8. The van der Waals surface area contributed by atoms with E-state index in [0.717, 1.165) is 21.3 Å². The third kappa shape index (κ3) is 4.17. The van der Waals surface area contributed by atoms with Crippen LogP contribution in [0.2, 0.25) is 0 Å². The van der Waals surface area contributed by atoms with Crippen LogP contribution in [0.3, 0.4) is 0 Å². The molecule has 0 bridgehead atoms. The molecule has 0 atom stereocenters. The van der Waals surface area contributed by atoms with Crippen LogP contribution in [0.4, 0.5) is 10.1 Å². The number of nitrogens with one attached hydrogen (secondary N) is 2. The number of aromatic nitrogens is 1. The van der Waals surface area contributed by atoms with E-state index in [1.54, 1.807) is 6.07 Å². The Morgan fingerprint density at radius 1 is 1.14 bits per heavy atom. The number of halogens is 1. The lowest BCUT2D eigenvalue weighted by Crippen LogP contribution is -2.23. The van der Waals surface area contributed by atoms with E-state index in [1.165, 1.54) is 30.4 Å². The van der Waals surface area contributed by atoms with Crippen molar-refractivity contribution in [3.63, 3.8) is 0 Å². The highest BCUT2D eigenvalue weighted by Crippen LogP contribution is 2.31. The van der Waals surface area contributed by atoms with Crippen molar-refractivity contribution >= 4 is 39.1 Å². The third-order valence-corrected chi connectivity index (χ3v) is 5.18. The number of nitrogens with zero attached hydrogens (tertiary/aromatic N) is 1. The van der Waals surface area contributed by atoms with E-state index in [-0.39, 0.29) is 17.8 Å². The minimum Gasteiger partial charge on any atom is -0.457 e. The van der Waals surface area contributed by atoms with Crippen LogP contribution >= 0.6 is 11.3 Å². The Labute approximate surface area is 169 Å². The predicted octanol–water partition coefficient (Wildman–Crippen LogP) is 4.58. The Hall–Kier alpha value is -3.52. The second-order valence-electron chi connectivity index (χ2n) is 6.31. The topological polar surface area (TPSA) is 84.2 Å². The zero-order chi connectivity index (χ0) is 20.4. The van der Waals surface area contributed by atoms with E-state index in [4.69, 9.17) is 4.42 Å². The molecule has 2 aromatic carbocycles. The van der Waals surface area contributed by atoms with Crippen molar-refractivity contribution in [3.8, 4) is 10.8 Å². The van der Waals surface area contributed by atoms with Gasteiger partial charge in [-0.1, -0.05) is 12.1 Å². The van der Waals surface area contributed by atoms with Gasteiger partial charge < -0.3 is 15.1 Å². The minimum atomic E-state index is -0.608. The molecule has 2 aromatic heterocycles. The number of hydrogen-bond donors (Lipinski definition) is 2. The number of amides is 2. The van der Waals surface area contributed by atoms with Crippen LogP contribution in [0.5, 0.6) is 0 Å². The number of furan rings is 1. The number of fused-ring (bicyclic) bond motifs is 1. The lowest BCUT2D eigenvalue weighted by atomic mass is 10.1. The van der Waals surface area contributed by atoms with Crippen molar-refractivity contribution in [2.24, 2.45) is 0 Å². The zero-order valence-corrected chi connectivity index (χ0v) is 16.2. The summed E-state index contributed by atoms with van der Waals surface area (Å²) in [7, 11) is 0. The largest absolute Gasteiger partial charge is 0.457 e. The summed E-state index contributed by atoms with van der Waals surface area (Å²) in [6, 6.07) is 15.2. The molecule has 0 fully saturated rings. The number of anilines is 1. The molecule has 0 aliphatic rings. The van der Waals surface area contributed by atoms with E-state index >= 15 is 0 Å². The zero-order valence-electron chi connectivity index (χ0n) is 15.4. The summed E-state index contributed by atoms with van der Waals surface area (Å²) >= 11 is 1.53. The van der Waals surface area contributed by atoms with Gasteiger partial charge in [0.2, 0.25) is 5.91 Å². The fourth-order valence-corrected chi connectivity index (χ4v) is 3.71. The lowest BCUT2D eigenvalue weighted by molar-refractivity contribution is -0.114. The molecule has 2 amide bonds. The van der Waals surface area contributed by atoms with Gasteiger partial charge in [0.25, 0.3) is 5.91 Å². The van der Waals surface area contributed by atoms with Crippen molar-refractivity contribution in [1.29, 1.82) is 0 Å². The molecule has 0 aliphatic carbocycles. The molecule has 2 heterocycles. The molecule has 6 nitrogen and oxygen atoms in total. The van der Waals surface area contributed by atoms with E-state index in [2.05, 4.69) is 15.6 Å². The maximum Gasteiger partial charge on any atom is 0.251 e. The molecule has 4 rings (SSSR count). The summed E-state index contributed by atoms with van der Waals surface area (Å²) in [5, 5.41) is 5.84. The van der Waals surface area contributed by atoms with E-state index in [1.807, 2.05) is 30.3 Å². The summed E-state index contributed by atoms with van der Waals surface area (Å²) < 4.78 is 20.6. The lowest BCUT2D eigenvalue weighted by Gasteiger charge is -2.07. The fourth-order valence-electron chi connectivity index (χ4n) is 2.79. The van der Waals surface area contributed by atoms with E-state index in [0.29, 0.717) is 11.5 Å². The van der Waals surface area contributed by atoms with Crippen LogP contribution in [-0.4, -0.2) is 16.8 Å². The van der Waals surface area contributed by atoms with Gasteiger partial charge in [0, 0.05) is 12.5 Å². The van der Waals surface area contributed by atoms with Crippen molar-refractivity contribution in [2.45, 2.75) is 13.5 Å². The molecule has 0 radical (unpaired) electrons. The summed E-state index contributed by atoms with van der Waals surface area (Å²) in [6.07, 6.45) is 0. The number of benzene rings is 2. The van der Waals surface area contributed by atoms with E-state index in [9.17, 15) is 14.0 Å². The van der Waals surface area contributed by atoms with Crippen molar-refractivity contribution in [3.05, 3.63) is 71.7 Å². The van der Waals surface area contributed by atoms with Crippen LogP contribution in [0.15, 0.2) is 59.0 Å². The molecule has 8 heteroatoms. The molecule has 0 unspecified atom stereocenters. The first-order chi connectivity index (χ1) is 14.0. The second kappa shape index (κ2) is 7.84. The summed E-state index contributed by atoms with van der Waals surface area (Å²) in [4.78, 5) is 28.1. The number of hydrogen-bond acceptors (Lipinski definition) is 5. The van der Waals surface area contributed by atoms with Gasteiger partial charge >= 0.3 is 0 Å². The third-order valence-electron chi connectivity index (χ3n) is 4.13. The summed E-state index contributed by atoms with van der Waals surface area (Å²) in [6.45, 7) is 1.43. The van der Waals surface area contributed by atoms with Crippen molar-refractivity contribution in [1.82, 2.24) is 10.3 Å². The molecular weight excluding hydrogens is 393 g/mol. The molecule has 146 valence electrons. The average Bonchev–Trinajstić information content (AvgIpc) is 3.34. The van der Waals surface area contributed by atoms with Gasteiger partial charge in [0.1, 0.15) is 11.6 Å². The smallest absolute Gasteiger partial charge is 0.251 e. The van der Waals surface area contributed by atoms with Gasteiger partial charge in [0.05, 0.1) is 22.4 Å². The number of carbonyl (C=O) groups is 2. The second-order valence-corrected chi connectivity index (χ2v) is 7.34. The van der Waals surface area contributed by atoms with Crippen LogP contribution < -0.4 is 10.6 Å². The van der Waals surface area contributed by atoms with Crippen molar-refractivity contribution < 1.29 is 18.4 Å². The van der Waals surface area contributed by atoms with Crippen molar-refractivity contribution in [2.75, 3.05) is 5.32 Å². The maximum absolute atomic E-state index is 13.7. The molecule has 2 N–H and O–H groups in total. The highest BCUT2D eigenvalue weighted by Gasteiger charge is 2.13. The van der Waals surface area contributed by atoms with Gasteiger partial charge in [-0.3, -0.25) is 9.59 Å². The predicted molar refractivity (Wildman–Crippen MR) is 109 cm³/mol. The van der Waals surface area contributed by atoms with Gasteiger partial charge in [-0.15, -0.1) is 11.3 Å². The molecule has 0 saturated carbocycles. The van der Waals surface area contributed by atoms with E-state index < -0.39 is 17.6 Å². The normalized spacial score (nSPS) is 10.8. The minimum absolute atomic E-state index is 0.0405. The highest BCUT2D eigenvalue weighted by atomic mass is 32.1. The number of para-hydroxylation sites is 1. The van der Waals surface area contributed by atoms with Crippen LogP contribution in [0, 0.1) is 5.82 Å². The Morgan fingerprint density at radius 2 is 1.97 bits per heavy atom. The molecule has 0 saturated heterocycles. The van der Waals surface area contributed by atoms with Gasteiger partial charge in [0.15, 0.2) is 10.8 Å². The van der Waals surface area contributed by atoms with Crippen LogP contribution in [0.1, 0.15) is 23.0 Å². The highest BCUT2D eigenvalue weighted by molar-refractivity contribution is 7.21. The Balaban J connectivity index is 1.44. The van der Waals surface area contributed by atoms with Crippen LogP contribution in [0.25, 0.3) is 21.0 Å². The fraction of sp³-hybridized carbons (Fsp3) is 0.0952. The molecule has 4 aromatic rings. The molecule has 0 aliphatic heterocycles. The summed E-state index contributed by atoms with van der Waals surface area (Å²) in [5.74, 6) is -0.237. The van der Waals surface area contributed by atoms with Crippen LogP contribution in [-0.2, 0) is 11.3 Å². The molecule has 29 heavy (non-hydrogen) atoms. The SMILES string of the molecule is CC(=O)Nc1cc(C(=O)NCc2ccc(-c3nc4ccccc4s3)o2)ccc1F. The first-order valence-corrected chi connectivity index (χ1v) is 9.61. The molecule has 0 spiro atoms. The summed E-state index contributed by atoms with van der Waals surface area (Å²) in [5.41, 5.74) is 1.10. The Kier molecular flexibility index (Phi) is 5.09. The number of thiazole rings is 1. The quantitative estimate of drug-likeness (QED) is 0.505. The molecular formula is C21H16FN3O3S.